The fourth-order valence-electron chi connectivity index (χ4n) is 3.89. The SMILES string of the molecule is C=C[Si](C)(C)CCN(C1CCCC1)[Si](CC)(CC)CC. The molecule has 0 aromatic heterocycles. The Morgan fingerprint density at radius 1 is 1.05 bits per heavy atom. The van der Waals surface area contributed by atoms with E-state index >= 15 is 0 Å². The van der Waals surface area contributed by atoms with Gasteiger partial charge in [0.15, 0.2) is 0 Å². The van der Waals surface area contributed by atoms with Gasteiger partial charge in [-0.05, 0) is 43.6 Å². The van der Waals surface area contributed by atoms with Crippen molar-refractivity contribution in [2.75, 3.05) is 6.54 Å². The van der Waals surface area contributed by atoms with Gasteiger partial charge in [-0.25, -0.2) is 0 Å². The van der Waals surface area contributed by atoms with Crippen molar-refractivity contribution in [3.05, 3.63) is 12.3 Å². The molecule has 0 N–H and O–H groups in total. The van der Waals surface area contributed by atoms with Crippen molar-refractivity contribution in [3.8, 4) is 0 Å². The van der Waals surface area contributed by atoms with E-state index in [0.717, 1.165) is 6.04 Å². The van der Waals surface area contributed by atoms with Gasteiger partial charge in [-0.1, -0.05) is 46.7 Å². The lowest BCUT2D eigenvalue weighted by molar-refractivity contribution is 0.324. The van der Waals surface area contributed by atoms with Crippen LogP contribution in [0.5, 0.6) is 0 Å². The Morgan fingerprint density at radius 3 is 1.95 bits per heavy atom. The number of hydrogen-bond donors (Lipinski definition) is 0. The molecule has 0 amide bonds. The highest BCUT2D eigenvalue weighted by Crippen LogP contribution is 2.34. The molecule has 0 atom stereocenters. The number of hydrogen-bond acceptors (Lipinski definition) is 1. The highest BCUT2D eigenvalue weighted by atomic mass is 28.3. The molecular weight excluding hydrogens is 274 g/mol. The van der Waals surface area contributed by atoms with Crippen LogP contribution >= 0.6 is 0 Å². The van der Waals surface area contributed by atoms with E-state index in [9.17, 15) is 0 Å². The molecule has 0 aliphatic heterocycles. The minimum Gasteiger partial charge on any atom is -0.321 e. The van der Waals surface area contributed by atoms with Crippen LogP contribution < -0.4 is 0 Å². The fourth-order valence-corrected chi connectivity index (χ4v) is 9.48. The lowest BCUT2D eigenvalue weighted by Crippen LogP contribution is -2.57. The van der Waals surface area contributed by atoms with Crippen molar-refractivity contribution in [2.24, 2.45) is 0 Å². The largest absolute Gasteiger partial charge is 0.321 e. The summed E-state index contributed by atoms with van der Waals surface area (Å²) in [5, 5.41) is 0. The van der Waals surface area contributed by atoms with Gasteiger partial charge < -0.3 is 4.57 Å². The second kappa shape index (κ2) is 7.95. The van der Waals surface area contributed by atoms with Gasteiger partial charge >= 0.3 is 0 Å². The Balaban J connectivity index is 2.86. The van der Waals surface area contributed by atoms with Gasteiger partial charge in [-0.2, -0.15) is 0 Å². The topological polar surface area (TPSA) is 3.24 Å². The fraction of sp³-hybridized carbons (Fsp3) is 0.882. The van der Waals surface area contributed by atoms with Crippen LogP contribution in [-0.4, -0.2) is 33.5 Å². The summed E-state index contributed by atoms with van der Waals surface area (Å²) in [5.74, 6) is 0. The monoisotopic (exact) mass is 311 g/mol. The van der Waals surface area contributed by atoms with Gasteiger partial charge in [-0.15, -0.1) is 12.3 Å². The molecule has 1 fully saturated rings. The zero-order chi connectivity index (χ0) is 15.2. The van der Waals surface area contributed by atoms with Crippen LogP contribution in [0.2, 0.25) is 37.3 Å². The molecule has 0 radical (unpaired) electrons. The van der Waals surface area contributed by atoms with E-state index in [-0.39, 0.29) is 0 Å². The standard InChI is InChI=1S/C17H37NSi2/c1-7-19(5,6)16-15-18(17-13-11-12-14-17)20(8-2,9-3)10-4/h7,17H,1,8-16H2,2-6H3. The Labute approximate surface area is 129 Å². The molecule has 118 valence electrons. The Kier molecular flexibility index (Phi) is 7.23. The van der Waals surface area contributed by atoms with Crippen molar-refractivity contribution >= 4 is 16.3 Å². The van der Waals surface area contributed by atoms with Crippen LogP contribution in [0.25, 0.3) is 0 Å². The Hall–Kier alpha value is 0.134. The molecule has 0 saturated heterocycles. The molecule has 0 heterocycles. The van der Waals surface area contributed by atoms with Gasteiger partial charge in [0, 0.05) is 6.04 Å². The molecule has 1 saturated carbocycles. The predicted octanol–water partition coefficient (Wildman–Crippen LogP) is 5.67. The Morgan fingerprint density at radius 2 is 1.55 bits per heavy atom. The summed E-state index contributed by atoms with van der Waals surface area (Å²) in [4.78, 5) is 0. The first kappa shape index (κ1) is 18.2. The molecule has 0 spiro atoms. The summed E-state index contributed by atoms with van der Waals surface area (Å²) < 4.78 is 3.07. The summed E-state index contributed by atoms with van der Waals surface area (Å²) in [6.45, 7) is 17.8. The van der Waals surface area contributed by atoms with E-state index in [1.165, 1.54) is 56.4 Å². The molecule has 0 bridgehead atoms. The number of rotatable bonds is 9. The Bertz CT molecular complexity index is 283. The highest BCUT2D eigenvalue weighted by Gasteiger charge is 2.39. The van der Waals surface area contributed by atoms with Crippen molar-refractivity contribution in [3.63, 3.8) is 0 Å². The first-order valence-electron chi connectivity index (χ1n) is 8.85. The third-order valence-corrected chi connectivity index (χ3v) is 14.3. The molecule has 0 aromatic rings. The molecular formula is C17H37NSi2. The van der Waals surface area contributed by atoms with Gasteiger partial charge in [0.2, 0.25) is 0 Å². The quantitative estimate of drug-likeness (QED) is 0.496. The summed E-state index contributed by atoms with van der Waals surface area (Å²) >= 11 is 0. The molecule has 1 aliphatic carbocycles. The van der Waals surface area contributed by atoms with E-state index in [2.05, 4.69) is 50.7 Å². The number of nitrogens with zero attached hydrogens (tertiary/aromatic N) is 1. The van der Waals surface area contributed by atoms with Crippen LogP contribution in [0.1, 0.15) is 46.5 Å². The minimum absolute atomic E-state index is 0.913. The van der Waals surface area contributed by atoms with Crippen molar-refractivity contribution in [1.82, 2.24) is 4.57 Å². The van der Waals surface area contributed by atoms with Crippen LogP contribution in [-0.2, 0) is 0 Å². The second-order valence-corrected chi connectivity index (χ2v) is 17.4. The van der Waals surface area contributed by atoms with E-state index in [1.54, 1.807) is 0 Å². The zero-order valence-corrected chi connectivity index (χ0v) is 16.7. The third-order valence-electron chi connectivity index (χ3n) is 5.90. The van der Waals surface area contributed by atoms with E-state index < -0.39 is 16.3 Å². The lowest BCUT2D eigenvalue weighted by atomic mass is 10.2. The molecule has 3 heteroatoms. The molecule has 1 aliphatic rings. The summed E-state index contributed by atoms with van der Waals surface area (Å²) in [7, 11) is -2.37. The predicted molar refractivity (Wildman–Crippen MR) is 98.6 cm³/mol. The molecule has 1 rings (SSSR count). The van der Waals surface area contributed by atoms with E-state index in [4.69, 9.17) is 0 Å². The maximum Gasteiger partial charge on any atom is 0.127 e. The van der Waals surface area contributed by atoms with E-state index in [0.29, 0.717) is 0 Å². The minimum atomic E-state index is -1.20. The average molecular weight is 312 g/mol. The summed E-state index contributed by atoms with van der Waals surface area (Å²) in [6.07, 6.45) is 5.85. The maximum absolute atomic E-state index is 4.09. The molecule has 20 heavy (non-hydrogen) atoms. The first-order valence-corrected chi connectivity index (χ1v) is 14.7. The lowest BCUT2D eigenvalue weighted by Gasteiger charge is -2.46. The van der Waals surface area contributed by atoms with Gasteiger partial charge in [0.05, 0.1) is 8.07 Å². The molecule has 0 unspecified atom stereocenters. The zero-order valence-electron chi connectivity index (χ0n) is 14.7. The van der Waals surface area contributed by atoms with Crippen molar-refractivity contribution in [2.45, 2.75) is 89.8 Å². The smallest absolute Gasteiger partial charge is 0.127 e. The maximum atomic E-state index is 4.09. The summed E-state index contributed by atoms with van der Waals surface area (Å²) in [6, 6.07) is 6.63. The molecule has 0 aromatic carbocycles. The third kappa shape index (κ3) is 4.31. The average Bonchev–Trinajstić information content (AvgIpc) is 2.97. The van der Waals surface area contributed by atoms with Gasteiger partial charge in [0.25, 0.3) is 0 Å². The van der Waals surface area contributed by atoms with Crippen LogP contribution in [0.4, 0.5) is 0 Å². The van der Waals surface area contributed by atoms with Crippen molar-refractivity contribution in [1.29, 1.82) is 0 Å². The normalized spacial score (nSPS) is 17.9. The van der Waals surface area contributed by atoms with Crippen LogP contribution in [0.15, 0.2) is 12.3 Å². The van der Waals surface area contributed by atoms with E-state index in [1.807, 2.05) is 0 Å². The van der Waals surface area contributed by atoms with Gasteiger partial charge in [0.1, 0.15) is 8.24 Å². The van der Waals surface area contributed by atoms with Crippen LogP contribution in [0.3, 0.4) is 0 Å². The van der Waals surface area contributed by atoms with Crippen molar-refractivity contribution < 1.29 is 0 Å². The van der Waals surface area contributed by atoms with Crippen LogP contribution in [0, 0.1) is 0 Å². The first-order chi connectivity index (χ1) is 9.44. The highest BCUT2D eigenvalue weighted by molar-refractivity contribution is 6.82. The van der Waals surface area contributed by atoms with Gasteiger partial charge in [-0.3, -0.25) is 0 Å². The second-order valence-electron chi connectivity index (χ2n) is 7.36. The summed E-state index contributed by atoms with van der Waals surface area (Å²) in [5.41, 5.74) is 2.28. The molecule has 1 nitrogen and oxygen atoms in total.